The number of carbonyl (C=O) groups excluding carboxylic acids is 6. The Labute approximate surface area is 261 Å². The molecule has 0 saturated heterocycles. The third-order valence-corrected chi connectivity index (χ3v) is 10.1. The summed E-state index contributed by atoms with van der Waals surface area (Å²) in [4.78, 5) is 75.9. The van der Waals surface area contributed by atoms with Crippen molar-refractivity contribution in [3.63, 3.8) is 0 Å². The van der Waals surface area contributed by atoms with Gasteiger partial charge in [-0.2, -0.15) is 25.3 Å². The second-order valence-corrected chi connectivity index (χ2v) is 13.0. The number of esters is 2. The van der Waals surface area contributed by atoms with E-state index in [0.29, 0.717) is 0 Å². The molecule has 2 unspecified atom stereocenters. The van der Waals surface area contributed by atoms with Crippen molar-refractivity contribution < 1.29 is 48.5 Å². The highest BCUT2D eigenvalue weighted by Crippen LogP contribution is 2.33. The number of ether oxygens (including phenoxy) is 2. The van der Waals surface area contributed by atoms with Crippen molar-refractivity contribution in [3.8, 4) is 11.5 Å². The monoisotopic (exact) mass is 691 g/mol. The minimum absolute atomic E-state index is 0.109. The van der Waals surface area contributed by atoms with Gasteiger partial charge in [-0.05, 0) is 21.6 Å². The van der Waals surface area contributed by atoms with Crippen molar-refractivity contribution in [1.29, 1.82) is 0 Å². The summed E-state index contributed by atoms with van der Waals surface area (Å²) in [6.07, 6.45) is 0. The summed E-state index contributed by atoms with van der Waals surface area (Å²) in [5.74, 6) is -6.07. The van der Waals surface area contributed by atoms with Gasteiger partial charge in [0.25, 0.3) is 11.8 Å². The maximum absolute atomic E-state index is 12.8. The molecule has 1 aromatic heterocycles. The Morgan fingerprint density at radius 3 is 1.41 bits per heavy atom. The van der Waals surface area contributed by atoms with Gasteiger partial charge in [-0.1, -0.05) is 21.6 Å². The third kappa shape index (κ3) is 11.4. The van der Waals surface area contributed by atoms with E-state index in [1.54, 1.807) is 0 Å². The van der Waals surface area contributed by atoms with Gasteiger partial charge in [0.1, 0.15) is 12.1 Å². The molecule has 9 N–H and O–H groups in total. The Hall–Kier alpha value is -1.88. The Balaban J connectivity index is 2.99. The number of rotatable bonds is 16. The summed E-state index contributed by atoms with van der Waals surface area (Å²) >= 11 is 7.86. The standard InChI is InChI=1S/C20H29N5O10S6/c1-34-17(30)9(5-38-40-19(32)7(21)3-36)23-15(28)11-13(26)14(27)12(25-11)16(29)24-10(18(31)35-2)6-39-41-20(33)8(22)4-37/h7-10,25-27,36-37H,3-6,21-22H2,1-2H3,(H,23,28)(H,24,29)/t7-,8-,9?,10?/m0/s1. The topological polar surface area (TPSA) is 253 Å². The molecular weight excluding hydrogens is 663 g/mol. The van der Waals surface area contributed by atoms with Gasteiger partial charge in [-0.3, -0.25) is 19.2 Å². The van der Waals surface area contributed by atoms with E-state index in [-0.39, 0.29) is 23.0 Å². The van der Waals surface area contributed by atoms with Crippen LogP contribution in [-0.4, -0.2) is 111 Å². The number of hydrogen-bond acceptors (Lipinski definition) is 18. The molecule has 0 aliphatic rings. The minimum Gasteiger partial charge on any atom is -0.503 e. The normalized spacial score (nSPS) is 13.8. The van der Waals surface area contributed by atoms with Gasteiger partial charge in [0, 0.05) is 23.0 Å². The lowest BCUT2D eigenvalue weighted by Crippen LogP contribution is -2.44. The summed E-state index contributed by atoms with van der Waals surface area (Å²) in [6.45, 7) is 0. The maximum Gasteiger partial charge on any atom is 0.329 e. The zero-order valence-corrected chi connectivity index (χ0v) is 26.5. The van der Waals surface area contributed by atoms with Crippen LogP contribution in [0.5, 0.6) is 11.5 Å². The number of aromatic hydroxyl groups is 2. The summed E-state index contributed by atoms with van der Waals surface area (Å²) in [6, 6.07) is -4.27. The Bertz CT molecular complexity index is 1040. The highest BCUT2D eigenvalue weighted by Gasteiger charge is 2.31. The average Bonchev–Trinajstić information content (AvgIpc) is 3.27. The van der Waals surface area contributed by atoms with Crippen LogP contribution in [0.25, 0.3) is 0 Å². The van der Waals surface area contributed by atoms with Gasteiger partial charge in [0.2, 0.25) is 10.2 Å². The van der Waals surface area contributed by atoms with Crippen molar-refractivity contribution in [3.05, 3.63) is 11.4 Å². The number of amides is 2. The van der Waals surface area contributed by atoms with Crippen molar-refractivity contribution in [2.24, 2.45) is 11.5 Å². The van der Waals surface area contributed by atoms with E-state index in [2.05, 4.69) is 50.3 Å². The van der Waals surface area contributed by atoms with Crippen LogP contribution in [0.15, 0.2) is 0 Å². The molecule has 0 spiro atoms. The molecule has 0 radical (unpaired) electrons. The molecule has 41 heavy (non-hydrogen) atoms. The number of aromatic nitrogens is 1. The molecule has 0 aromatic carbocycles. The SMILES string of the molecule is COC(=O)C(CSSC(=O)[C@@H](N)CS)NC(=O)c1[nH]c(C(=O)NC(CSSC(=O)[C@@H](N)CS)C(=O)OC)c(O)c1O. The molecule has 15 nitrogen and oxygen atoms in total. The second kappa shape index (κ2) is 18.6. The molecule has 1 rings (SSSR count). The minimum atomic E-state index is -1.30. The van der Waals surface area contributed by atoms with Gasteiger partial charge in [-0.25, -0.2) is 9.59 Å². The number of hydrogen-bond donors (Lipinski definition) is 9. The van der Waals surface area contributed by atoms with Crippen LogP contribution in [0.2, 0.25) is 0 Å². The van der Waals surface area contributed by atoms with Gasteiger partial charge in [0.05, 0.1) is 26.3 Å². The third-order valence-electron chi connectivity index (χ3n) is 4.73. The first-order valence-corrected chi connectivity index (χ1v) is 17.0. The lowest BCUT2D eigenvalue weighted by atomic mass is 10.2. The van der Waals surface area contributed by atoms with E-state index in [9.17, 15) is 39.0 Å². The van der Waals surface area contributed by atoms with Crippen molar-refractivity contribution in [2.75, 3.05) is 37.2 Å². The van der Waals surface area contributed by atoms with Gasteiger partial charge >= 0.3 is 11.9 Å². The highest BCUT2D eigenvalue weighted by molar-refractivity contribution is 8.82. The number of H-pyrrole nitrogens is 1. The Kier molecular flexibility index (Phi) is 16.9. The maximum atomic E-state index is 12.8. The first-order valence-electron chi connectivity index (χ1n) is 11.1. The van der Waals surface area contributed by atoms with Crippen molar-refractivity contribution in [2.45, 2.75) is 24.2 Å². The number of thiol groups is 2. The van der Waals surface area contributed by atoms with Crippen LogP contribution >= 0.6 is 68.4 Å². The van der Waals surface area contributed by atoms with Crippen LogP contribution in [0.4, 0.5) is 0 Å². The molecule has 21 heteroatoms. The van der Waals surface area contributed by atoms with Crippen LogP contribution in [0.3, 0.4) is 0 Å². The fourth-order valence-corrected chi connectivity index (χ4v) is 7.22. The first-order chi connectivity index (χ1) is 19.3. The first kappa shape index (κ1) is 37.1. The molecule has 1 aromatic rings. The van der Waals surface area contributed by atoms with E-state index in [1.165, 1.54) is 0 Å². The smallest absolute Gasteiger partial charge is 0.329 e. The Morgan fingerprint density at radius 2 is 1.12 bits per heavy atom. The molecule has 230 valence electrons. The summed E-state index contributed by atoms with van der Waals surface area (Å²) in [7, 11) is 5.45. The Morgan fingerprint density at radius 1 is 0.780 bits per heavy atom. The van der Waals surface area contributed by atoms with Crippen LogP contribution in [-0.2, 0) is 28.7 Å². The molecule has 2 amide bonds. The number of carbonyl (C=O) groups is 6. The molecule has 1 heterocycles. The average molecular weight is 692 g/mol. The second-order valence-electron chi connectivity index (χ2n) is 7.62. The van der Waals surface area contributed by atoms with Crippen LogP contribution in [0, 0.1) is 0 Å². The lowest BCUT2D eigenvalue weighted by molar-refractivity contribution is -0.143. The zero-order chi connectivity index (χ0) is 31.3. The summed E-state index contributed by atoms with van der Waals surface area (Å²) in [5, 5.41) is 24.3. The van der Waals surface area contributed by atoms with Crippen molar-refractivity contribution >= 4 is 102 Å². The molecule has 0 aliphatic heterocycles. The predicted molar refractivity (Wildman–Crippen MR) is 164 cm³/mol. The molecule has 0 fully saturated rings. The fraction of sp³-hybridized carbons (Fsp3) is 0.500. The number of nitrogens with one attached hydrogen (secondary N) is 3. The predicted octanol–water partition coefficient (Wildman–Crippen LogP) is -0.701. The lowest BCUT2D eigenvalue weighted by Gasteiger charge is -2.16. The van der Waals surface area contributed by atoms with Gasteiger partial charge < -0.3 is 46.8 Å². The molecule has 0 aliphatic carbocycles. The summed E-state index contributed by atoms with van der Waals surface area (Å²) < 4.78 is 9.30. The van der Waals surface area contributed by atoms with E-state index in [0.717, 1.165) is 57.4 Å². The number of methoxy groups -OCH3 is 2. The van der Waals surface area contributed by atoms with E-state index < -0.39 is 81.0 Å². The van der Waals surface area contributed by atoms with Crippen LogP contribution < -0.4 is 22.1 Å². The zero-order valence-electron chi connectivity index (χ0n) is 21.5. The van der Waals surface area contributed by atoms with Gasteiger partial charge in [-0.15, -0.1) is 0 Å². The molecule has 0 bridgehead atoms. The van der Waals surface area contributed by atoms with Gasteiger partial charge in [0.15, 0.2) is 22.9 Å². The van der Waals surface area contributed by atoms with Crippen molar-refractivity contribution in [1.82, 2.24) is 15.6 Å². The van der Waals surface area contributed by atoms with E-state index in [1.807, 2.05) is 0 Å². The quantitative estimate of drug-likeness (QED) is 0.0590. The molecule has 0 saturated carbocycles. The van der Waals surface area contributed by atoms with Crippen LogP contribution in [0.1, 0.15) is 21.0 Å². The molecule has 4 atom stereocenters. The highest BCUT2D eigenvalue weighted by atomic mass is 33.1. The summed E-state index contributed by atoms with van der Waals surface area (Å²) in [5.41, 5.74) is 9.80. The number of nitrogens with two attached hydrogens (primary N) is 2. The molecular formula is C20H29N5O10S6. The number of aromatic amines is 1. The van der Waals surface area contributed by atoms with E-state index in [4.69, 9.17) is 11.5 Å². The fourth-order valence-electron chi connectivity index (χ4n) is 2.48. The van der Waals surface area contributed by atoms with E-state index >= 15 is 0 Å². The largest absolute Gasteiger partial charge is 0.503 e.